The van der Waals surface area contributed by atoms with Gasteiger partial charge >= 0.3 is 0 Å². The van der Waals surface area contributed by atoms with Crippen molar-refractivity contribution >= 4 is 29.9 Å². The van der Waals surface area contributed by atoms with Crippen molar-refractivity contribution in [2.24, 2.45) is 16.5 Å². The van der Waals surface area contributed by atoms with Crippen LogP contribution in [-0.2, 0) is 6.42 Å². The lowest BCUT2D eigenvalue weighted by Gasteiger charge is -2.10. The van der Waals surface area contributed by atoms with Crippen LogP contribution in [0, 0.1) is 0 Å². The average molecular weight is 377 g/mol. The smallest absolute Gasteiger partial charge is 0.186 e. The molecule has 0 saturated heterocycles. The number of aryl methyl sites for hydroxylation is 1. The summed E-state index contributed by atoms with van der Waals surface area (Å²) in [4.78, 5) is 4.10. The second-order valence-corrected chi connectivity index (χ2v) is 4.75. The second-order valence-electron chi connectivity index (χ2n) is 4.75. The molecule has 0 aromatic heterocycles. The van der Waals surface area contributed by atoms with E-state index in [1.807, 2.05) is 32.9 Å². The van der Waals surface area contributed by atoms with Crippen LogP contribution in [0.4, 0.5) is 0 Å². The number of rotatable bonds is 6. The molecule has 1 atom stereocenters. The number of hydrogen-bond acceptors (Lipinski definition) is 2. The van der Waals surface area contributed by atoms with Crippen molar-refractivity contribution in [1.82, 2.24) is 0 Å². The molecular weight excluding hydrogens is 353 g/mol. The maximum Gasteiger partial charge on any atom is 0.186 e. The van der Waals surface area contributed by atoms with Crippen LogP contribution >= 0.6 is 24.0 Å². The Morgan fingerprint density at radius 3 is 2.21 bits per heavy atom. The molecule has 0 radical (unpaired) electrons. The second kappa shape index (κ2) is 9.01. The molecule has 0 aliphatic carbocycles. The molecule has 0 aliphatic rings. The fourth-order valence-electron chi connectivity index (χ4n) is 1.70. The Morgan fingerprint density at radius 2 is 1.74 bits per heavy atom. The zero-order valence-electron chi connectivity index (χ0n) is 11.8. The molecular formula is C14H24IN3O. The molecule has 1 aromatic rings. The van der Waals surface area contributed by atoms with E-state index in [-0.39, 0.29) is 42.1 Å². The third-order valence-electron chi connectivity index (χ3n) is 2.52. The van der Waals surface area contributed by atoms with Gasteiger partial charge in [-0.25, -0.2) is 0 Å². The van der Waals surface area contributed by atoms with E-state index in [1.165, 1.54) is 5.56 Å². The Bertz CT molecular complexity index is 386. The van der Waals surface area contributed by atoms with E-state index in [0.29, 0.717) is 0 Å². The van der Waals surface area contributed by atoms with Gasteiger partial charge in [0.05, 0.1) is 12.1 Å². The molecule has 1 rings (SSSR count). The first-order valence-electron chi connectivity index (χ1n) is 6.31. The summed E-state index contributed by atoms with van der Waals surface area (Å²) < 4.78 is 5.59. The first-order valence-corrected chi connectivity index (χ1v) is 6.31. The predicted octanol–water partition coefficient (Wildman–Crippen LogP) is 2.69. The Hall–Kier alpha value is -0.980. The van der Waals surface area contributed by atoms with Crippen LogP contribution < -0.4 is 16.2 Å². The number of ether oxygens (including phenoxy) is 1. The van der Waals surface area contributed by atoms with E-state index in [1.54, 1.807) is 0 Å². The molecule has 0 amide bonds. The van der Waals surface area contributed by atoms with Gasteiger partial charge < -0.3 is 16.2 Å². The highest BCUT2D eigenvalue weighted by Gasteiger charge is 2.02. The largest absolute Gasteiger partial charge is 0.491 e. The first-order chi connectivity index (χ1) is 8.47. The quantitative estimate of drug-likeness (QED) is 0.455. The minimum atomic E-state index is 0. The fraction of sp³-hybridized carbons (Fsp3) is 0.500. The Kier molecular flexibility index (Phi) is 8.54. The normalized spacial score (nSPS) is 11.6. The van der Waals surface area contributed by atoms with Crippen LogP contribution in [-0.4, -0.2) is 18.1 Å². The summed E-state index contributed by atoms with van der Waals surface area (Å²) in [7, 11) is 0. The number of benzene rings is 1. The zero-order chi connectivity index (χ0) is 13.5. The van der Waals surface area contributed by atoms with E-state index in [9.17, 15) is 0 Å². The number of hydrogen-bond donors (Lipinski definition) is 2. The maximum atomic E-state index is 5.59. The molecule has 0 fully saturated rings. The van der Waals surface area contributed by atoms with Crippen LogP contribution in [0.15, 0.2) is 29.3 Å². The van der Waals surface area contributed by atoms with Crippen LogP contribution in [0.25, 0.3) is 0 Å². The van der Waals surface area contributed by atoms with E-state index >= 15 is 0 Å². The summed E-state index contributed by atoms with van der Waals surface area (Å²) in [6, 6.07) is 8.32. The SMILES string of the molecule is CC(CCc1ccc(OC(C)C)cc1)N=C(N)N.I. The lowest BCUT2D eigenvalue weighted by atomic mass is 10.1. The molecule has 4 N–H and O–H groups in total. The molecule has 5 heteroatoms. The summed E-state index contributed by atoms with van der Waals surface area (Å²) in [5.41, 5.74) is 11.9. The molecule has 1 unspecified atom stereocenters. The van der Waals surface area contributed by atoms with Gasteiger partial charge in [-0.1, -0.05) is 12.1 Å². The van der Waals surface area contributed by atoms with Crippen molar-refractivity contribution in [3.8, 4) is 5.75 Å². The van der Waals surface area contributed by atoms with Crippen molar-refractivity contribution in [2.75, 3.05) is 0 Å². The summed E-state index contributed by atoms with van der Waals surface area (Å²) in [6.45, 7) is 6.05. The van der Waals surface area contributed by atoms with E-state index < -0.39 is 0 Å². The highest BCUT2D eigenvalue weighted by atomic mass is 127. The van der Waals surface area contributed by atoms with Crippen molar-refractivity contribution in [3.05, 3.63) is 29.8 Å². The van der Waals surface area contributed by atoms with Gasteiger partial charge in [-0.3, -0.25) is 4.99 Å². The Balaban J connectivity index is 0.00000324. The van der Waals surface area contributed by atoms with Crippen molar-refractivity contribution in [2.45, 2.75) is 45.8 Å². The van der Waals surface area contributed by atoms with E-state index in [4.69, 9.17) is 16.2 Å². The van der Waals surface area contributed by atoms with E-state index in [2.05, 4.69) is 17.1 Å². The summed E-state index contributed by atoms with van der Waals surface area (Å²) in [5, 5.41) is 0. The minimum Gasteiger partial charge on any atom is -0.491 e. The highest BCUT2D eigenvalue weighted by Crippen LogP contribution is 2.15. The molecule has 0 heterocycles. The zero-order valence-corrected chi connectivity index (χ0v) is 14.1. The number of aliphatic imine (C=N–C) groups is 1. The fourth-order valence-corrected chi connectivity index (χ4v) is 1.70. The maximum absolute atomic E-state index is 5.59. The summed E-state index contributed by atoms with van der Waals surface area (Å²) in [6.07, 6.45) is 2.10. The Morgan fingerprint density at radius 1 is 1.16 bits per heavy atom. The number of nitrogens with zero attached hydrogens (tertiary/aromatic N) is 1. The van der Waals surface area contributed by atoms with Crippen LogP contribution in [0.3, 0.4) is 0 Å². The van der Waals surface area contributed by atoms with Crippen LogP contribution in [0.2, 0.25) is 0 Å². The van der Waals surface area contributed by atoms with Gasteiger partial charge in [0.25, 0.3) is 0 Å². The van der Waals surface area contributed by atoms with Gasteiger partial charge in [0.15, 0.2) is 5.96 Å². The van der Waals surface area contributed by atoms with Crippen molar-refractivity contribution < 1.29 is 4.74 Å². The highest BCUT2D eigenvalue weighted by molar-refractivity contribution is 14.0. The number of guanidine groups is 1. The molecule has 108 valence electrons. The average Bonchev–Trinajstić information content (AvgIpc) is 2.26. The summed E-state index contributed by atoms with van der Waals surface area (Å²) in [5.74, 6) is 1.06. The molecule has 1 aromatic carbocycles. The van der Waals surface area contributed by atoms with Crippen molar-refractivity contribution in [1.29, 1.82) is 0 Å². The third-order valence-corrected chi connectivity index (χ3v) is 2.52. The monoisotopic (exact) mass is 377 g/mol. The number of halogens is 1. The molecule has 4 nitrogen and oxygen atoms in total. The molecule has 0 bridgehead atoms. The van der Waals surface area contributed by atoms with Gasteiger partial charge in [0, 0.05) is 0 Å². The van der Waals surface area contributed by atoms with Gasteiger partial charge in [-0.05, 0) is 51.3 Å². The lowest BCUT2D eigenvalue weighted by molar-refractivity contribution is 0.242. The molecule has 0 spiro atoms. The van der Waals surface area contributed by atoms with Gasteiger partial charge in [-0.15, -0.1) is 24.0 Å². The topological polar surface area (TPSA) is 73.6 Å². The van der Waals surface area contributed by atoms with Gasteiger partial charge in [0.2, 0.25) is 0 Å². The van der Waals surface area contributed by atoms with Gasteiger partial charge in [0.1, 0.15) is 5.75 Å². The van der Waals surface area contributed by atoms with Crippen LogP contribution in [0.5, 0.6) is 5.75 Å². The lowest BCUT2D eigenvalue weighted by Crippen LogP contribution is -2.24. The van der Waals surface area contributed by atoms with Crippen molar-refractivity contribution in [3.63, 3.8) is 0 Å². The molecule has 19 heavy (non-hydrogen) atoms. The minimum absolute atomic E-state index is 0. The van der Waals surface area contributed by atoms with Gasteiger partial charge in [-0.2, -0.15) is 0 Å². The van der Waals surface area contributed by atoms with Crippen LogP contribution in [0.1, 0.15) is 32.8 Å². The predicted molar refractivity (Wildman–Crippen MR) is 91.2 cm³/mol. The molecule has 0 aliphatic heterocycles. The standard InChI is InChI=1S/C14H23N3O.HI/c1-10(2)18-13-8-6-12(7-9-13)5-4-11(3)17-14(15)16;/h6-11H,4-5H2,1-3H3,(H4,15,16,17);1H. The number of nitrogens with two attached hydrogens (primary N) is 2. The first kappa shape index (κ1) is 18.0. The van der Waals surface area contributed by atoms with E-state index in [0.717, 1.165) is 18.6 Å². The molecule has 0 saturated carbocycles. The summed E-state index contributed by atoms with van der Waals surface area (Å²) >= 11 is 0. The Labute approximate surface area is 132 Å². The third kappa shape index (κ3) is 7.92.